The van der Waals surface area contributed by atoms with Crippen molar-refractivity contribution in [2.45, 2.75) is 25.8 Å². The second-order valence-electron chi connectivity index (χ2n) is 3.43. The van der Waals surface area contributed by atoms with E-state index >= 15 is 0 Å². The molecule has 1 aromatic rings. The van der Waals surface area contributed by atoms with Gasteiger partial charge in [-0.1, -0.05) is 6.92 Å². The van der Waals surface area contributed by atoms with Crippen LogP contribution in [0.2, 0.25) is 0 Å². The Labute approximate surface area is 94.1 Å². The summed E-state index contributed by atoms with van der Waals surface area (Å²) in [6, 6.07) is 2.78. The smallest absolute Gasteiger partial charge is 0.253 e. The van der Waals surface area contributed by atoms with Crippen LogP contribution in [0.3, 0.4) is 0 Å². The molecular formula is C12H14N2O2. The summed E-state index contributed by atoms with van der Waals surface area (Å²) in [7, 11) is 0. The average molecular weight is 218 g/mol. The number of hydrogen-bond donors (Lipinski definition) is 2. The SMILES string of the molecule is C#CCC(CC)NC(=O)c1ccc(=O)[nH]c1. The van der Waals surface area contributed by atoms with Crippen LogP contribution in [0.4, 0.5) is 0 Å². The van der Waals surface area contributed by atoms with Crippen LogP contribution in [-0.4, -0.2) is 16.9 Å². The van der Waals surface area contributed by atoms with Crippen LogP contribution in [0.5, 0.6) is 0 Å². The summed E-state index contributed by atoms with van der Waals surface area (Å²) in [6.45, 7) is 1.95. The fourth-order valence-corrected chi connectivity index (χ4v) is 1.26. The number of rotatable bonds is 4. The number of H-pyrrole nitrogens is 1. The summed E-state index contributed by atoms with van der Waals surface area (Å²) in [6.07, 6.45) is 7.86. The number of carbonyl (C=O) groups excluding carboxylic acids is 1. The summed E-state index contributed by atoms with van der Waals surface area (Å²) in [4.78, 5) is 25.0. The van der Waals surface area contributed by atoms with E-state index in [1.807, 2.05) is 6.92 Å². The maximum atomic E-state index is 11.7. The zero-order valence-corrected chi connectivity index (χ0v) is 9.12. The van der Waals surface area contributed by atoms with Gasteiger partial charge in [0.15, 0.2) is 0 Å². The molecule has 0 bridgehead atoms. The number of terminal acetylenes is 1. The lowest BCUT2D eigenvalue weighted by Gasteiger charge is -2.13. The third-order valence-corrected chi connectivity index (χ3v) is 2.24. The van der Waals surface area contributed by atoms with Gasteiger partial charge in [0.25, 0.3) is 5.91 Å². The van der Waals surface area contributed by atoms with E-state index in [2.05, 4.69) is 16.2 Å². The van der Waals surface area contributed by atoms with E-state index in [4.69, 9.17) is 6.42 Å². The van der Waals surface area contributed by atoms with Gasteiger partial charge in [-0.2, -0.15) is 0 Å². The van der Waals surface area contributed by atoms with Crippen LogP contribution in [0.15, 0.2) is 23.1 Å². The zero-order chi connectivity index (χ0) is 12.0. The van der Waals surface area contributed by atoms with E-state index in [1.165, 1.54) is 18.3 Å². The number of hydrogen-bond acceptors (Lipinski definition) is 2. The number of aromatic nitrogens is 1. The van der Waals surface area contributed by atoms with Gasteiger partial charge in [-0.25, -0.2) is 0 Å². The Morgan fingerprint density at radius 1 is 1.62 bits per heavy atom. The molecule has 1 aromatic heterocycles. The predicted octanol–water partition coefficient (Wildman–Crippen LogP) is 0.907. The molecule has 0 aliphatic rings. The van der Waals surface area contributed by atoms with Crippen LogP contribution in [0, 0.1) is 12.3 Å². The van der Waals surface area contributed by atoms with Gasteiger partial charge in [0, 0.05) is 24.7 Å². The van der Waals surface area contributed by atoms with Gasteiger partial charge < -0.3 is 10.3 Å². The Hall–Kier alpha value is -2.02. The topological polar surface area (TPSA) is 62.0 Å². The summed E-state index contributed by atoms with van der Waals surface area (Å²) < 4.78 is 0. The molecule has 1 unspecified atom stereocenters. The normalized spacial score (nSPS) is 11.5. The summed E-state index contributed by atoms with van der Waals surface area (Å²) in [5.74, 6) is 2.29. The highest BCUT2D eigenvalue weighted by atomic mass is 16.2. The van der Waals surface area contributed by atoms with Crippen molar-refractivity contribution in [3.05, 3.63) is 34.2 Å². The molecule has 2 N–H and O–H groups in total. The van der Waals surface area contributed by atoms with Crippen molar-refractivity contribution >= 4 is 5.91 Å². The monoisotopic (exact) mass is 218 g/mol. The summed E-state index contributed by atoms with van der Waals surface area (Å²) >= 11 is 0. The fourth-order valence-electron chi connectivity index (χ4n) is 1.26. The number of pyridine rings is 1. The molecule has 0 radical (unpaired) electrons. The summed E-state index contributed by atoms with van der Waals surface area (Å²) in [5.41, 5.74) is 0.197. The first-order chi connectivity index (χ1) is 7.67. The van der Waals surface area contributed by atoms with E-state index in [9.17, 15) is 9.59 Å². The van der Waals surface area contributed by atoms with E-state index in [0.717, 1.165) is 6.42 Å². The Kier molecular flexibility index (Phi) is 4.34. The second-order valence-corrected chi connectivity index (χ2v) is 3.43. The van der Waals surface area contributed by atoms with Crippen LogP contribution in [0.1, 0.15) is 30.1 Å². The molecule has 4 heteroatoms. The number of nitrogens with one attached hydrogen (secondary N) is 2. The van der Waals surface area contributed by atoms with Crippen molar-refractivity contribution in [2.24, 2.45) is 0 Å². The zero-order valence-electron chi connectivity index (χ0n) is 9.12. The summed E-state index contributed by atoms with van der Waals surface area (Å²) in [5, 5.41) is 2.80. The largest absolute Gasteiger partial charge is 0.348 e. The molecule has 16 heavy (non-hydrogen) atoms. The minimum absolute atomic E-state index is 0.0237. The van der Waals surface area contributed by atoms with Crippen LogP contribution in [-0.2, 0) is 0 Å². The Morgan fingerprint density at radius 3 is 2.88 bits per heavy atom. The standard InChI is InChI=1S/C12H14N2O2/c1-3-5-10(4-2)14-12(16)9-6-7-11(15)13-8-9/h1,6-8,10H,4-5H2,2H3,(H,13,15)(H,14,16). The first-order valence-electron chi connectivity index (χ1n) is 5.10. The molecule has 1 atom stereocenters. The molecule has 1 heterocycles. The quantitative estimate of drug-likeness (QED) is 0.738. The number of aromatic amines is 1. The second kappa shape index (κ2) is 5.76. The van der Waals surface area contributed by atoms with E-state index in [-0.39, 0.29) is 17.5 Å². The lowest BCUT2D eigenvalue weighted by Crippen LogP contribution is -2.34. The number of amides is 1. The molecule has 1 amide bonds. The van der Waals surface area contributed by atoms with Crippen LogP contribution < -0.4 is 10.9 Å². The predicted molar refractivity (Wildman–Crippen MR) is 62.1 cm³/mol. The molecule has 0 aliphatic carbocycles. The Balaban J connectivity index is 2.68. The first-order valence-corrected chi connectivity index (χ1v) is 5.10. The molecule has 0 aliphatic heterocycles. The lowest BCUT2D eigenvalue weighted by molar-refractivity contribution is 0.0936. The molecule has 0 spiro atoms. The van der Waals surface area contributed by atoms with Gasteiger partial charge in [-0.3, -0.25) is 9.59 Å². The lowest BCUT2D eigenvalue weighted by atomic mass is 10.1. The van der Waals surface area contributed by atoms with Gasteiger partial charge >= 0.3 is 0 Å². The van der Waals surface area contributed by atoms with Gasteiger partial charge in [0.2, 0.25) is 5.56 Å². The van der Waals surface area contributed by atoms with Crippen molar-refractivity contribution in [1.29, 1.82) is 0 Å². The third-order valence-electron chi connectivity index (χ3n) is 2.24. The van der Waals surface area contributed by atoms with Crippen LogP contribution >= 0.6 is 0 Å². The highest BCUT2D eigenvalue weighted by molar-refractivity contribution is 5.94. The average Bonchev–Trinajstić information content (AvgIpc) is 2.29. The fraction of sp³-hybridized carbons (Fsp3) is 0.333. The van der Waals surface area contributed by atoms with E-state index in [0.29, 0.717) is 12.0 Å². The minimum Gasteiger partial charge on any atom is -0.348 e. The van der Waals surface area contributed by atoms with Gasteiger partial charge in [-0.05, 0) is 12.5 Å². The van der Waals surface area contributed by atoms with E-state index in [1.54, 1.807) is 0 Å². The van der Waals surface area contributed by atoms with Crippen molar-refractivity contribution in [3.8, 4) is 12.3 Å². The number of carbonyl (C=O) groups is 1. The maximum Gasteiger partial charge on any atom is 0.253 e. The molecule has 0 fully saturated rings. The minimum atomic E-state index is -0.229. The molecule has 84 valence electrons. The molecule has 0 saturated heterocycles. The maximum absolute atomic E-state index is 11.7. The van der Waals surface area contributed by atoms with Crippen molar-refractivity contribution < 1.29 is 4.79 Å². The van der Waals surface area contributed by atoms with Crippen molar-refractivity contribution in [2.75, 3.05) is 0 Å². The highest BCUT2D eigenvalue weighted by Crippen LogP contribution is 1.99. The molecule has 0 saturated carbocycles. The third kappa shape index (κ3) is 3.28. The van der Waals surface area contributed by atoms with Crippen molar-refractivity contribution in [1.82, 2.24) is 10.3 Å². The van der Waals surface area contributed by atoms with Crippen molar-refractivity contribution in [3.63, 3.8) is 0 Å². The highest BCUT2D eigenvalue weighted by Gasteiger charge is 2.10. The Bertz CT molecular complexity index is 436. The molecule has 4 nitrogen and oxygen atoms in total. The van der Waals surface area contributed by atoms with E-state index < -0.39 is 0 Å². The molecular weight excluding hydrogens is 204 g/mol. The first kappa shape index (κ1) is 12.1. The Morgan fingerprint density at radius 2 is 2.38 bits per heavy atom. The van der Waals surface area contributed by atoms with Gasteiger partial charge in [-0.15, -0.1) is 12.3 Å². The van der Waals surface area contributed by atoms with Gasteiger partial charge in [0.1, 0.15) is 0 Å². The van der Waals surface area contributed by atoms with Gasteiger partial charge in [0.05, 0.1) is 5.56 Å². The molecule has 1 rings (SSSR count). The van der Waals surface area contributed by atoms with Crippen LogP contribution in [0.25, 0.3) is 0 Å². The molecule has 0 aromatic carbocycles.